The molecule has 0 saturated heterocycles. The minimum Gasteiger partial charge on any atom is -0.493 e. The van der Waals surface area contributed by atoms with E-state index < -0.39 is 5.82 Å². The molecule has 2 aromatic carbocycles. The predicted octanol–water partition coefficient (Wildman–Crippen LogP) is 3.17. The molecule has 0 fully saturated rings. The molecule has 3 rings (SSSR count). The predicted molar refractivity (Wildman–Crippen MR) is 83.1 cm³/mol. The van der Waals surface area contributed by atoms with Crippen LogP contribution in [0.1, 0.15) is 15.9 Å². The Hall–Kier alpha value is -2.76. The zero-order chi connectivity index (χ0) is 16.4. The molecule has 0 spiro atoms. The molecule has 1 amide bonds. The van der Waals surface area contributed by atoms with Crippen molar-refractivity contribution in [1.82, 2.24) is 0 Å². The van der Waals surface area contributed by atoms with E-state index in [1.807, 2.05) is 0 Å². The monoisotopic (exact) mass is 317 g/mol. The fourth-order valence-electron chi connectivity index (χ4n) is 2.33. The lowest BCUT2D eigenvalue weighted by atomic mass is 10.1. The highest BCUT2D eigenvalue weighted by Gasteiger charge is 2.21. The molecule has 2 aromatic rings. The number of aryl methyl sites for hydroxylation is 1. The summed E-state index contributed by atoms with van der Waals surface area (Å²) in [5.41, 5.74) is 1.53. The summed E-state index contributed by atoms with van der Waals surface area (Å²) in [6, 6.07) is 7.38. The summed E-state index contributed by atoms with van der Waals surface area (Å²) in [6.07, 6.45) is 0. The summed E-state index contributed by atoms with van der Waals surface area (Å²) >= 11 is 0. The van der Waals surface area contributed by atoms with Gasteiger partial charge in [0.1, 0.15) is 19.0 Å². The third kappa shape index (κ3) is 3.06. The van der Waals surface area contributed by atoms with Crippen LogP contribution in [0.25, 0.3) is 0 Å². The Balaban J connectivity index is 1.92. The highest BCUT2D eigenvalue weighted by atomic mass is 19.1. The molecular weight excluding hydrogens is 301 g/mol. The van der Waals surface area contributed by atoms with Crippen molar-refractivity contribution in [1.29, 1.82) is 0 Å². The summed E-state index contributed by atoms with van der Waals surface area (Å²) in [5.74, 6) is 0.567. The molecule has 1 heterocycles. The van der Waals surface area contributed by atoms with Crippen LogP contribution in [0.2, 0.25) is 0 Å². The lowest BCUT2D eigenvalue weighted by Gasteiger charge is -2.21. The Bertz CT molecular complexity index is 743. The van der Waals surface area contributed by atoms with Crippen LogP contribution in [0.5, 0.6) is 17.2 Å². The van der Waals surface area contributed by atoms with Crippen molar-refractivity contribution in [3.63, 3.8) is 0 Å². The minimum absolute atomic E-state index is 0.342. The third-order valence-corrected chi connectivity index (χ3v) is 3.54. The molecule has 0 saturated carbocycles. The van der Waals surface area contributed by atoms with E-state index in [1.165, 1.54) is 19.2 Å². The van der Waals surface area contributed by atoms with E-state index >= 15 is 0 Å². The molecule has 0 atom stereocenters. The number of anilines is 1. The Kier molecular flexibility index (Phi) is 4.06. The van der Waals surface area contributed by atoms with Crippen molar-refractivity contribution in [3.8, 4) is 17.2 Å². The maximum Gasteiger partial charge on any atom is 0.255 e. The standard InChI is InChI=1S/C17H16FNO4/c1-10-3-4-12(18)9-13(10)19-17(20)11-7-14(21-2)16-15(8-11)22-5-6-23-16/h3-4,7-9H,5-6H2,1-2H3,(H,19,20). The van der Waals surface area contributed by atoms with Gasteiger partial charge in [-0.05, 0) is 36.8 Å². The number of carbonyl (C=O) groups is 1. The Labute approximate surface area is 133 Å². The van der Waals surface area contributed by atoms with Crippen molar-refractivity contribution in [2.45, 2.75) is 6.92 Å². The molecule has 23 heavy (non-hydrogen) atoms. The molecule has 120 valence electrons. The SMILES string of the molecule is COc1cc(C(=O)Nc2cc(F)ccc2C)cc2c1OCCO2. The topological polar surface area (TPSA) is 56.8 Å². The summed E-state index contributed by atoms with van der Waals surface area (Å²) in [4.78, 5) is 12.4. The Morgan fingerprint density at radius 3 is 2.78 bits per heavy atom. The van der Waals surface area contributed by atoms with Crippen molar-refractivity contribution < 1.29 is 23.4 Å². The molecular formula is C17H16FNO4. The van der Waals surface area contributed by atoms with Gasteiger partial charge < -0.3 is 19.5 Å². The fourth-order valence-corrected chi connectivity index (χ4v) is 2.33. The van der Waals surface area contributed by atoms with Gasteiger partial charge in [-0.1, -0.05) is 6.07 Å². The van der Waals surface area contributed by atoms with E-state index in [0.29, 0.717) is 41.7 Å². The number of rotatable bonds is 3. The van der Waals surface area contributed by atoms with Crippen molar-refractivity contribution >= 4 is 11.6 Å². The minimum atomic E-state index is -0.411. The first-order valence-electron chi connectivity index (χ1n) is 7.13. The third-order valence-electron chi connectivity index (χ3n) is 3.54. The zero-order valence-corrected chi connectivity index (χ0v) is 12.8. The largest absolute Gasteiger partial charge is 0.493 e. The second kappa shape index (κ2) is 6.16. The molecule has 0 aliphatic carbocycles. The first-order chi connectivity index (χ1) is 11.1. The summed E-state index contributed by atoms with van der Waals surface area (Å²) in [7, 11) is 1.49. The van der Waals surface area contributed by atoms with Crippen molar-refractivity contribution in [2.24, 2.45) is 0 Å². The number of carbonyl (C=O) groups excluding carboxylic acids is 1. The Morgan fingerprint density at radius 2 is 2.00 bits per heavy atom. The average Bonchev–Trinajstić information content (AvgIpc) is 2.57. The van der Waals surface area contributed by atoms with Crippen LogP contribution < -0.4 is 19.5 Å². The number of hydrogen-bond donors (Lipinski definition) is 1. The number of hydrogen-bond acceptors (Lipinski definition) is 4. The van der Waals surface area contributed by atoms with Crippen molar-refractivity contribution in [3.05, 3.63) is 47.3 Å². The quantitative estimate of drug-likeness (QED) is 0.945. The van der Waals surface area contributed by atoms with Gasteiger partial charge in [0.2, 0.25) is 5.75 Å². The van der Waals surface area contributed by atoms with Crippen molar-refractivity contribution in [2.75, 3.05) is 25.6 Å². The maximum atomic E-state index is 13.3. The fraction of sp³-hybridized carbons (Fsp3) is 0.235. The first kappa shape index (κ1) is 15.1. The van der Waals surface area contributed by atoms with Crippen LogP contribution in [-0.4, -0.2) is 26.2 Å². The van der Waals surface area contributed by atoms with Gasteiger partial charge >= 0.3 is 0 Å². The van der Waals surface area contributed by atoms with Gasteiger partial charge in [0.25, 0.3) is 5.91 Å². The highest BCUT2D eigenvalue weighted by molar-refractivity contribution is 6.05. The number of ether oxygens (including phenoxy) is 3. The van der Waals surface area contributed by atoms with Crippen LogP contribution in [-0.2, 0) is 0 Å². The van der Waals surface area contributed by atoms with Gasteiger partial charge in [0.05, 0.1) is 7.11 Å². The number of methoxy groups -OCH3 is 1. The molecule has 0 radical (unpaired) electrons. The van der Waals surface area contributed by atoms with E-state index in [0.717, 1.165) is 5.56 Å². The zero-order valence-electron chi connectivity index (χ0n) is 12.8. The van der Waals surface area contributed by atoms with Crippen LogP contribution in [0.15, 0.2) is 30.3 Å². The molecule has 5 nitrogen and oxygen atoms in total. The highest BCUT2D eigenvalue weighted by Crippen LogP contribution is 2.40. The van der Waals surface area contributed by atoms with Gasteiger partial charge in [0, 0.05) is 11.3 Å². The molecule has 0 unspecified atom stereocenters. The first-order valence-corrected chi connectivity index (χ1v) is 7.13. The lowest BCUT2D eigenvalue weighted by Crippen LogP contribution is -2.18. The number of halogens is 1. The van der Waals surface area contributed by atoms with Crippen LogP contribution in [0.4, 0.5) is 10.1 Å². The number of amides is 1. The molecule has 1 aliphatic heterocycles. The van der Waals surface area contributed by atoms with Crippen LogP contribution >= 0.6 is 0 Å². The number of nitrogens with one attached hydrogen (secondary N) is 1. The van der Waals surface area contributed by atoms with Gasteiger partial charge in [0.15, 0.2) is 11.5 Å². The van der Waals surface area contributed by atoms with Gasteiger partial charge in [-0.2, -0.15) is 0 Å². The van der Waals surface area contributed by atoms with Gasteiger partial charge in [-0.25, -0.2) is 4.39 Å². The summed E-state index contributed by atoms with van der Waals surface area (Å²) in [5, 5.41) is 2.69. The number of benzene rings is 2. The molecule has 0 bridgehead atoms. The molecule has 0 aromatic heterocycles. The number of fused-ring (bicyclic) bond motifs is 1. The lowest BCUT2D eigenvalue weighted by molar-refractivity contribution is 0.102. The van der Waals surface area contributed by atoms with Crippen LogP contribution in [0.3, 0.4) is 0 Å². The normalized spacial score (nSPS) is 12.7. The van der Waals surface area contributed by atoms with E-state index in [9.17, 15) is 9.18 Å². The average molecular weight is 317 g/mol. The summed E-state index contributed by atoms with van der Waals surface area (Å²) < 4.78 is 29.6. The molecule has 1 N–H and O–H groups in total. The Morgan fingerprint density at radius 1 is 1.22 bits per heavy atom. The smallest absolute Gasteiger partial charge is 0.255 e. The van der Waals surface area contributed by atoms with E-state index in [4.69, 9.17) is 14.2 Å². The summed E-state index contributed by atoms with van der Waals surface area (Å²) in [6.45, 7) is 2.63. The maximum absolute atomic E-state index is 13.3. The van der Waals surface area contributed by atoms with Gasteiger partial charge in [-0.15, -0.1) is 0 Å². The van der Waals surface area contributed by atoms with E-state index in [1.54, 1.807) is 25.1 Å². The molecule has 6 heteroatoms. The van der Waals surface area contributed by atoms with Gasteiger partial charge in [-0.3, -0.25) is 4.79 Å². The van der Waals surface area contributed by atoms with Crippen LogP contribution in [0, 0.1) is 12.7 Å². The molecule has 1 aliphatic rings. The van der Waals surface area contributed by atoms with E-state index in [2.05, 4.69) is 5.32 Å². The second-order valence-corrected chi connectivity index (χ2v) is 5.12. The van der Waals surface area contributed by atoms with E-state index in [-0.39, 0.29) is 5.91 Å². The second-order valence-electron chi connectivity index (χ2n) is 5.12.